The molecule has 0 aliphatic carbocycles. The third kappa shape index (κ3) is 18.2. The molecule has 0 aliphatic rings. The molecule has 0 heterocycles. The largest absolute Gasteiger partial charge is 0.508 e. The van der Waals surface area contributed by atoms with E-state index in [1.807, 2.05) is 19.9 Å². The van der Waals surface area contributed by atoms with Crippen molar-refractivity contribution in [2.75, 3.05) is 0 Å². The maximum absolute atomic E-state index is 8.63. The second kappa shape index (κ2) is 11.0. The van der Waals surface area contributed by atoms with Crippen molar-refractivity contribution in [1.82, 2.24) is 0 Å². The monoisotopic (exact) mass is 182 g/mol. The maximum Gasteiger partial charge on any atom is 0.115 e. The lowest BCUT2D eigenvalue weighted by Crippen LogP contribution is -1.66. The second-order valence-electron chi connectivity index (χ2n) is 3.07. The zero-order valence-electron chi connectivity index (χ0n) is 9.41. The summed E-state index contributed by atoms with van der Waals surface area (Å²) in [6.07, 6.45) is 0. The first-order chi connectivity index (χ1) is 6.13. The Kier molecular flexibility index (Phi) is 12.3. The molecule has 0 aliphatic heterocycles. The number of hydrogen-bond acceptors (Lipinski definition) is 1. The molecular weight excluding hydrogens is 160 g/mol. The molecule has 0 aromatic heterocycles. The summed E-state index contributed by atoms with van der Waals surface area (Å²) in [5, 5.41) is 8.63. The minimum atomic E-state index is 0.322. The molecule has 0 atom stereocenters. The smallest absolute Gasteiger partial charge is 0.115 e. The zero-order valence-corrected chi connectivity index (χ0v) is 9.41. The molecule has 0 amide bonds. The van der Waals surface area contributed by atoms with Gasteiger partial charge in [0.05, 0.1) is 0 Å². The minimum absolute atomic E-state index is 0.322. The van der Waals surface area contributed by atoms with Crippen LogP contribution < -0.4 is 0 Å². The maximum atomic E-state index is 8.63. The summed E-state index contributed by atoms with van der Waals surface area (Å²) in [6.45, 7) is 10.5. The molecule has 0 unspecified atom stereocenters. The highest BCUT2D eigenvalue weighted by molar-refractivity contribution is 5.18. The Labute approximate surface area is 82.4 Å². The number of phenolic OH excluding ortho intramolecular Hbond substituents is 1. The van der Waals surface area contributed by atoms with Crippen LogP contribution in [0.15, 0.2) is 30.3 Å². The predicted octanol–water partition coefficient (Wildman–Crippen LogP) is 4.08. The summed E-state index contributed by atoms with van der Waals surface area (Å²) >= 11 is 0. The zero-order chi connectivity index (χ0) is 10.7. The average Bonchev–Trinajstić information content (AvgIpc) is 2.08. The van der Waals surface area contributed by atoms with E-state index < -0.39 is 0 Å². The number of para-hydroxylation sites is 1. The fourth-order valence-electron chi connectivity index (χ4n) is 0.428. The van der Waals surface area contributed by atoms with Gasteiger partial charge in [-0.2, -0.15) is 0 Å². The molecule has 0 radical (unpaired) electrons. The van der Waals surface area contributed by atoms with Gasteiger partial charge in [-0.1, -0.05) is 52.8 Å². The molecule has 0 saturated carbocycles. The Morgan fingerprint density at radius 3 is 1.38 bits per heavy atom. The van der Waals surface area contributed by atoms with Crippen LogP contribution in [0.25, 0.3) is 0 Å². The van der Waals surface area contributed by atoms with Gasteiger partial charge in [0.15, 0.2) is 0 Å². The van der Waals surface area contributed by atoms with Crippen LogP contribution >= 0.6 is 0 Å². The van der Waals surface area contributed by atoms with Crippen molar-refractivity contribution in [3.05, 3.63) is 30.3 Å². The van der Waals surface area contributed by atoms with Gasteiger partial charge in [-0.3, -0.25) is 0 Å². The van der Waals surface area contributed by atoms with Crippen molar-refractivity contribution in [3.8, 4) is 5.75 Å². The average molecular weight is 182 g/mol. The fourth-order valence-corrected chi connectivity index (χ4v) is 0.428. The van der Waals surface area contributed by atoms with E-state index in [-0.39, 0.29) is 0 Å². The quantitative estimate of drug-likeness (QED) is 0.641. The van der Waals surface area contributed by atoms with Crippen LogP contribution in [-0.4, -0.2) is 5.11 Å². The summed E-state index contributed by atoms with van der Waals surface area (Å²) in [5.74, 6) is 1.16. The molecule has 0 spiro atoms. The van der Waals surface area contributed by atoms with Crippen LogP contribution in [0.5, 0.6) is 5.75 Å². The van der Waals surface area contributed by atoms with Crippen molar-refractivity contribution in [2.45, 2.75) is 34.6 Å². The lowest BCUT2D eigenvalue weighted by Gasteiger charge is -1.82. The second-order valence-corrected chi connectivity index (χ2v) is 3.07. The Hall–Kier alpha value is -0.980. The van der Waals surface area contributed by atoms with E-state index in [0.717, 1.165) is 5.92 Å². The van der Waals surface area contributed by atoms with Crippen molar-refractivity contribution >= 4 is 0 Å². The lowest BCUT2D eigenvalue weighted by molar-refractivity contribution is 0.475. The normalized spacial score (nSPS) is 7.85. The number of aromatic hydroxyl groups is 1. The van der Waals surface area contributed by atoms with Gasteiger partial charge in [-0.05, 0) is 18.1 Å². The number of rotatable bonds is 0. The first-order valence-electron chi connectivity index (χ1n) is 4.87. The van der Waals surface area contributed by atoms with E-state index in [4.69, 9.17) is 5.11 Å². The van der Waals surface area contributed by atoms with Crippen LogP contribution in [-0.2, 0) is 0 Å². The van der Waals surface area contributed by atoms with Gasteiger partial charge in [0.25, 0.3) is 0 Å². The summed E-state index contributed by atoms with van der Waals surface area (Å²) in [5.41, 5.74) is 0. The molecule has 1 aromatic carbocycles. The van der Waals surface area contributed by atoms with E-state index in [1.165, 1.54) is 0 Å². The summed E-state index contributed by atoms with van der Waals surface area (Å²) in [4.78, 5) is 0. The van der Waals surface area contributed by atoms with Gasteiger partial charge in [0.2, 0.25) is 0 Å². The molecule has 76 valence electrons. The van der Waals surface area contributed by atoms with Crippen molar-refractivity contribution < 1.29 is 5.11 Å². The van der Waals surface area contributed by atoms with Crippen LogP contribution in [0.4, 0.5) is 0 Å². The van der Waals surface area contributed by atoms with Crippen LogP contribution in [0.3, 0.4) is 0 Å². The van der Waals surface area contributed by atoms with E-state index >= 15 is 0 Å². The third-order valence-corrected chi connectivity index (χ3v) is 0.756. The highest BCUT2D eigenvalue weighted by atomic mass is 16.3. The first-order valence-corrected chi connectivity index (χ1v) is 4.87. The summed E-state index contributed by atoms with van der Waals surface area (Å²) < 4.78 is 0. The van der Waals surface area contributed by atoms with Crippen LogP contribution in [0.1, 0.15) is 34.6 Å². The van der Waals surface area contributed by atoms with Gasteiger partial charge >= 0.3 is 0 Å². The van der Waals surface area contributed by atoms with Crippen molar-refractivity contribution in [2.24, 2.45) is 5.92 Å². The van der Waals surface area contributed by atoms with Gasteiger partial charge < -0.3 is 5.11 Å². The topological polar surface area (TPSA) is 20.2 Å². The van der Waals surface area contributed by atoms with Gasteiger partial charge in [0, 0.05) is 0 Å². The molecule has 1 N–H and O–H groups in total. The molecule has 0 bridgehead atoms. The van der Waals surface area contributed by atoms with Crippen LogP contribution in [0.2, 0.25) is 0 Å². The van der Waals surface area contributed by atoms with E-state index in [0.29, 0.717) is 5.75 Å². The highest BCUT2D eigenvalue weighted by Crippen LogP contribution is 2.02. The Bertz CT molecular complexity index is 165. The molecular formula is C12H22O. The first kappa shape index (κ1) is 14.5. The number of hydrogen-bond donors (Lipinski definition) is 1. The molecule has 1 nitrogen and oxygen atoms in total. The SMILES string of the molecule is CC.CC(C)C.Oc1ccccc1. The van der Waals surface area contributed by atoms with E-state index in [2.05, 4.69) is 20.8 Å². The van der Waals surface area contributed by atoms with Gasteiger partial charge in [-0.15, -0.1) is 0 Å². The Morgan fingerprint density at radius 2 is 1.23 bits per heavy atom. The third-order valence-electron chi connectivity index (χ3n) is 0.756. The summed E-state index contributed by atoms with van der Waals surface area (Å²) in [7, 11) is 0. The van der Waals surface area contributed by atoms with Crippen LogP contribution in [0, 0.1) is 5.92 Å². The van der Waals surface area contributed by atoms with Crippen molar-refractivity contribution in [1.29, 1.82) is 0 Å². The van der Waals surface area contributed by atoms with Gasteiger partial charge in [0.1, 0.15) is 5.75 Å². The molecule has 1 heteroatoms. The Morgan fingerprint density at radius 1 is 0.923 bits per heavy atom. The standard InChI is InChI=1S/C6H6O.C4H10.C2H6/c7-6-4-2-1-3-5-6;1-4(2)3;1-2/h1-5,7H;4H,1-3H3;1-2H3. The fraction of sp³-hybridized carbons (Fsp3) is 0.500. The number of benzene rings is 1. The van der Waals surface area contributed by atoms with E-state index in [9.17, 15) is 0 Å². The highest BCUT2D eigenvalue weighted by Gasteiger charge is 1.74. The predicted molar refractivity (Wildman–Crippen MR) is 60.0 cm³/mol. The van der Waals surface area contributed by atoms with Gasteiger partial charge in [-0.25, -0.2) is 0 Å². The minimum Gasteiger partial charge on any atom is -0.508 e. The van der Waals surface area contributed by atoms with E-state index in [1.54, 1.807) is 24.3 Å². The molecule has 1 aromatic rings. The Balaban J connectivity index is 0. The molecule has 0 saturated heterocycles. The molecule has 1 rings (SSSR count). The lowest BCUT2D eigenvalue weighted by atomic mass is 10.3. The molecule has 0 fully saturated rings. The van der Waals surface area contributed by atoms with Crippen molar-refractivity contribution in [3.63, 3.8) is 0 Å². The summed E-state index contributed by atoms with van der Waals surface area (Å²) in [6, 6.07) is 8.71. The molecule has 13 heavy (non-hydrogen) atoms. The number of phenols is 1.